The van der Waals surface area contributed by atoms with Gasteiger partial charge in [-0.2, -0.15) is 0 Å². The van der Waals surface area contributed by atoms with Crippen molar-refractivity contribution in [1.82, 2.24) is 4.90 Å². The van der Waals surface area contributed by atoms with E-state index in [2.05, 4.69) is 0 Å². The minimum atomic E-state index is -1.18. The number of β-lactam (4-membered cyclic amide) rings is 1. The quantitative estimate of drug-likeness (QED) is 0.581. The zero-order valence-corrected chi connectivity index (χ0v) is 16.8. The number of nitrogens with zero attached hydrogens (tertiary/aromatic N) is 2. The molecule has 30 heavy (non-hydrogen) atoms. The summed E-state index contributed by atoms with van der Waals surface area (Å²) in [6.07, 6.45) is 2.16. The molecule has 7 nitrogen and oxygen atoms in total. The number of nitrogens with two attached hydrogens (primary N) is 1. The lowest BCUT2D eigenvalue weighted by Crippen LogP contribution is -2.68. The molecule has 5 rings (SSSR count). The number of thioether (sulfide) groups is 1. The first-order valence-electron chi connectivity index (χ1n) is 9.63. The SMILES string of the molecule is N[C@@H]1C(=O)N2C(C(=O)O)=C(/C=C3\CCN(c4ccc5ccccc5c4)C3=O)CS[C@H]12. The van der Waals surface area contributed by atoms with Gasteiger partial charge in [0.1, 0.15) is 17.1 Å². The molecule has 0 bridgehead atoms. The van der Waals surface area contributed by atoms with E-state index in [9.17, 15) is 19.5 Å². The monoisotopic (exact) mass is 421 g/mol. The molecule has 0 aromatic heterocycles. The second-order valence-corrected chi connectivity index (χ2v) is 8.63. The third-order valence-electron chi connectivity index (χ3n) is 5.76. The van der Waals surface area contributed by atoms with Crippen LogP contribution in [-0.2, 0) is 14.4 Å². The summed E-state index contributed by atoms with van der Waals surface area (Å²) >= 11 is 1.43. The van der Waals surface area contributed by atoms with E-state index in [1.807, 2.05) is 42.5 Å². The number of aliphatic carboxylic acids is 1. The Morgan fingerprint density at radius 2 is 1.93 bits per heavy atom. The molecule has 0 saturated carbocycles. The number of carbonyl (C=O) groups excluding carboxylic acids is 2. The van der Waals surface area contributed by atoms with Crippen molar-refractivity contribution in [3.63, 3.8) is 0 Å². The van der Waals surface area contributed by atoms with E-state index in [0.717, 1.165) is 16.5 Å². The van der Waals surface area contributed by atoms with Crippen molar-refractivity contribution in [2.24, 2.45) is 5.73 Å². The molecule has 0 radical (unpaired) electrons. The lowest BCUT2D eigenvalue weighted by Gasteiger charge is -2.47. The number of amides is 2. The Bertz CT molecular complexity index is 1170. The summed E-state index contributed by atoms with van der Waals surface area (Å²) in [6.45, 7) is 0.530. The lowest BCUT2D eigenvalue weighted by molar-refractivity contribution is -0.147. The molecular weight excluding hydrogens is 402 g/mol. The molecule has 2 aromatic carbocycles. The number of allylic oxidation sites excluding steroid dienone is 1. The zero-order chi connectivity index (χ0) is 21.0. The second-order valence-electron chi connectivity index (χ2n) is 7.52. The van der Waals surface area contributed by atoms with E-state index in [4.69, 9.17) is 5.73 Å². The number of carboxylic acids is 1. The van der Waals surface area contributed by atoms with Crippen LogP contribution < -0.4 is 10.6 Å². The van der Waals surface area contributed by atoms with Crippen molar-refractivity contribution < 1.29 is 19.5 Å². The van der Waals surface area contributed by atoms with E-state index in [0.29, 0.717) is 29.9 Å². The van der Waals surface area contributed by atoms with Crippen LogP contribution in [-0.4, -0.2) is 51.5 Å². The number of anilines is 1. The highest BCUT2D eigenvalue weighted by atomic mass is 32.2. The predicted molar refractivity (Wildman–Crippen MR) is 115 cm³/mol. The van der Waals surface area contributed by atoms with Crippen molar-refractivity contribution >= 4 is 46.0 Å². The van der Waals surface area contributed by atoms with Crippen molar-refractivity contribution in [3.8, 4) is 0 Å². The number of carboxylic acid groups (broad SMARTS) is 1. The topological polar surface area (TPSA) is 104 Å². The second kappa shape index (κ2) is 7.00. The average Bonchev–Trinajstić information content (AvgIpc) is 3.12. The molecule has 152 valence electrons. The van der Waals surface area contributed by atoms with Crippen LogP contribution in [0.25, 0.3) is 10.8 Å². The van der Waals surface area contributed by atoms with Gasteiger partial charge < -0.3 is 15.7 Å². The maximum Gasteiger partial charge on any atom is 0.352 e. The molecule has 3 N–H and O–H groups in total. The van der Waals surface area contributed by atoms with Gasteiger partial charge in [-0.25, -0.2) is 4.79 Å². The normalized spacial score (nSPS) is 25.2. The minimum absolute atomic E-state index is 0.0603. The highest BCUT2D eigenvalue weighted by Gasteiger charge is 2.51. The van der Waals surface area contributed by atoms with Gasteiger partial charge in [-0.15, -0.1) is 11.8 Å². The Kier molecular flexibility index (Phi) is 4.41. The zero-order valence-electron chi connectivity index (χ0n) is 15.9. The number of carbonyl (C=O) groups is 3. The Labute approximate surface area is 176 Å². The van der Waals surface area contributed by atoms with Gasteiger partial charge in [-0.3, -0.25) is 14.5 Å². The molecular formula is C22H19N3O4S. The Morgan fingerprint density at radius 3 is 2.70 bits per heavy atom. The first-order chi connectivity index (χ1) is 14.5. The summed E-state index contributed by atoms with van der Waals surface area (Å²) in [5.74, 6) is -1.31. The molecule has 8 heteroatoms. The van der Waals surface area contributed by atoms with Crippen molar-refractivity contribution in [1.29, 1.82) is 0 Å². The first kappa shape index (κ1) is 18.9. The van der Waals surface area contributed by atoms with Gasteiger partial charge in [0, 0.05) is 23.6 Å². The van der Waals surface area contributed by atoms with Crippen LogP contribution in [0.5, 0.6) is 0 Å². The van der Waals surface area contributed by atoms with E-state index in [1.54, 1.807) is 11.0 Å². The highest BCUT2D eigenvalue weighted by Crippen LogP contribution is 2.40. The van der Waals surface area contributed by atoms with Gasteiger partial charge in [-0.05, 0) is 41.0 Å². The van der Waals surface area contributed by atoms with Gasteiger partial charge >= 0.3 is 5.97 Å². The number of rotatable bonds is 3. The molecule has 3 aliphatic rings. The number of fused-ring (bicyclic) bond motifs is 2. The fourth-order valence-electron chi connectivity index (χ4n) is 4.20. The summed E-state index contributed by atoms with van der Waals surface area (Å²) in [4.78, 5) is 39.9. The maximum absolute atomic E-state index is 13.0. The molecule has 0 spiro atoms. The standard InChI is InChI=1S/C22H19N3O4S/c23-17-20(27)25-18(22(28)29)15(11-30-21(17)25)9-14-7-8-24(19(14)26)16-6-5-12-3-1-2-4-13(12)10-16/h1-6,9-10,17,21H,7-8,11,23H2,(H,28,29)/b14-9+/t17-,21-/m1/s1. The van der Waals surface area contributed by atoms with Crippen LogP contribution in [0.1, 0.15) is 6.42 Å². The molecule has 0 unspecified atom stereocenters. The summed E-state index contributed by atoms with van der Waals surface area (Å²) in [5, 5.41) is 11.5. The lowest BCUT2D eigenvalue weighted by atomic mass is 10.0. The number of hydrogen-bond acceptors (Lipinski definition) is 5. The fraction of sp³-hybridized carbons (Fsp3) is 0.227. The van der Waals surface area contributed by atoms with Gasteiger partial charge in [0.2, 0.25) is 5.91 Å². The van der Waals surface area contributed by atoms with Crippen LogP contribution in [0.3, 0.4) is 0 Å². The third kappa shape index (κ3) is 2.83. The van der Waals surface area contributed by atoms with E-state index < -0.39 is 17.9 Å². The number of hydrogen-bond donors (Lipinski definition) is 2. The van der Waals surface area contributed by atoms with E-state index in [-0.39, 0.29) is 17.0 Å². The van der Waals surface area contributed by atoms with Gasteiger partial charge in [-0.1, -0.05) is 30.3 Å². The average molecular weight is 421 g/mol. The molecule has 2 atom stereocenters. The van der Waals surface area contributed by atoms with Crippen molar-refractivity contribution in [2.75, 3.05) is 17.2 Å². The third-order valence-corrected chi connectivity index (χ3v) is 7.08. The Hall–Kier alpha value is -3.10. The van der Waals surface area contributed by atoms with Gasteiger partial charge in [0.15, 0.2) is 0 Å². The minimum Gasteiger partial charge on any atom is -0.477 e. The molecule has 3 heterocycles. The van der Waals surface area contributed by atoms with Gasteiger partial charge in [0.05, 0.1) is 0 Å². The summed E-state index contributed by atoms with van der Waals surface area (Å²) in [7, 11) is 0. The molecule has 3 aliphatic heterocycles. The maximum atomic E-state index is 13.0. The van der Waals surface area contributed by atoms with Crippen molar-refractivity contribution in [2.45, 2.75) is 17.8 Å². The van der Waals surface area contributed by atoms with Crippen molar-refractivity contribution in [3.05, 3.63) is 65.4 Å². The van der Waals surface area contributed by atoms with Crippen LogP contribution in [0, 0.1) is 0 Å². The highest BCUT2D eigenvalue weighted by molar-refractivity contribution is 8.00. The Morgan fingerprint density at radius 1 is 1.17 bits per heavy atom. The molecule has 2 fully saturated rings. The van der Waals surface area contributed by atoms with Crippen LogP contribution in [0.2, 0.25) is 0 Å². The summed E-state index contributed by atoms with van der Waals surface area (Å²) < 4.78 is 0. The van der Waals surface area contributed by atoms with E-state index >= 15 is 0 Å². The van der Waals surface area contributed by atoms with E-state index in [1.165, 1.54) is 16.7 Å². The predicted octanol–water partition coefficient (Wildman–Crippen LogP) is 2.08. The molecule has 0 aliphatic carbocycles. The largest absolute Gasteiger partial charge is 0.477 e. The molecule has 2 amide bonds. The first-order valence-corrected chi connectivity index (χ1v) is 10.7. The summed E-state index contributed by atoms with van der Waals surface area (Å²) in [5.41, 5.74) is 7.57. The summed E-state index contributed by atoms with van der Waals surface area (Å²) in [6, 6.07) is 13.2. The van der Waals surface area contributed by atoms with Crippen LogP contribution in [0.15, 0.2) is 65.4 Å². The number of benzene rings is 2. The van der Waals surface area contributed by atoms with Gasteiger partial charge in [0.25, 0.3) is 5.91 Å². The Balaban J connectivity index is 1.46. The van der Waals surface area contributed by atoms with Crippen LogP contribution in [0.4, 0.5) is 5.69 Å². The van der Waals surface area contributed by atoms with Crippen LogP contribution >= 0.6 is 11.8 Å². The molecule has 2 saturated heterocycles. The molecule has 2 aromatic rings. The smallest absolute Gasteiger partial charge is 0.352 e. The fourth-order valence-corrected chi connectivity index (χ4v) is 5.45.